The number of benzene rings is 1. The van der Waals surface area contributed by atoms with Crippen molar-refractivity contribution in [2.24, 2.45) is 5.92 Å². The molecule has 3 nitrogen and oxygen atoms in total. The molecule has 1 unspecified atom stereocenters. The number of carbonyl (C=O) groups is 1. The molecule has 2 bridgehead atoms. The van der Waals surface area contributed by atoms with Crippen molar-refractivity contribution in [2.75, 3.05) is 25.4 Å². The Kier molecular flexibility index (Phi) is 8.63. The van der Waals surface area contributed by atoms with Gasteiger partial charge in [-0.25, -0.2) is 0 Å². The van der Waals surface area contributed by atoms with Gasteiger partial charge in [-0.05, 0) is 25.2 Å². The predicted molar refractivity (Wildman–Crippen MR) is 117 cm³/mol. The summed E-state index contributed by atoms with van der Waals surface area (Å²) in [7, 11) is 4.06. The largest absolute Gasteiger partial charge is 1.00 e. The molecular formula is C22H33BrN2OS2. The first-order chi connectivity index (χ1) is 13.2. The van der Waals surface area contributed by atoms with Crippen LogP contribution in [0.25, 0.3) is 0 Å². The lowest BCUT2D eigenvalue weighted by Gasteiger charge is -2.52. The van der Waals surface area contributed by atoms with Gasteiger partial charge in [0, 0.05) is 35.8 Å². The monoisotopic (exact) mass is 484 g/mol. The van der Waals surface area contributed by atoms with E-state index in [4.69, 9.17) is 0 Å². The second-order valence-electron chi connectivity index (χ2n) is 8.70. The second kappa shape index (κ2) is 10.7. The van der Waals surface area contributed by atoms with E-state index in [9.17, 15) is 4.79 Å². The van der Waals surface area contributed by atoms with E-state index in [1.165, 1.54) is 61.0 Å². The Balaban J connectivity index is 0.00000225. The fraction of sp³-hybridized carbons (Fsp3) is 0.682. The van der Waals surface area contributed by atoms with Crippen LogP contribution in [0.2, 0.25) is 0 Å². The Morgan fingerprint density at radius 3 is 2.61 bits per heavy atom. The van der Waals surface area contributed by atoms with E-state index in [1.807, 2.05) is 10.8 Å². The summed E-state index contributed by atoms with van der Waals surface area (Å²) in [6, 6.07) is 11.3. The first-order valence-corrected chi connectivity index (χ1v) is 13.1. The highest BCUT2D eigenvalue weighted by atomic mass is 79.9. The van der Waals surface area contributed by atoms with Crippen LogP contribution in [0.1, 0.15) is 50.5 Å². The molecule has 6 heteroatoms. The van der Waals surface area contributed by atoms with Gasteiger partial charge in [0.25, 0.3) is 0 Å². The zero-order chi connectivity index (χ0) is 18.5. The van der Waals surface area contributed by atoms with Gasteiger partial charge in [0.2, 0.25) is 5.91 Å². The number of nitrogens with one attached hydrogen (secondary N) is 1. The average Bonchev–Trinajstić information content (AvgIpc) is 3.20. The third-order valence-corrected chi connectivity index (χ3v) is 9.72. The van der Waals surface area contributed by atoms with Gasteiger partial charge in [0.05, 0.1) is 25.7 Å². The molecule has 0 spiro atoms. The van der Waals surface area contributed by atoms with Gasteiger partial charge in [-0.2, -0.15) is 0 Å². The summed E-state index contributed by atoms with van der Waals surface area (Å²) in [5.74, 6) is 2.30. The maximum absolute atomic E-state index is 12.5. The molecule has 0 saturated carbocycles. The van der Waals surface area contributed by atoms with Crippen LogP contribution < -0.4 is 22.3 Å². The molecule has 156 valence electrons. The number of hydrogen-bond acceptors (Lipinski definition) is 3. The van der Waals surface area contributed by atoms with Crippen LogP contribution in [0.3, 0.4) is 0 Å². The Hall–Kier alpha value is -0.170. The number of nitrogens with zero attached hydrogens (tertiary/aromatic N) is 1. The van der Waals surface area contributed by atoms with Crippen molar-refractivity contribution in [3.63, 3.8) is 0 Å². The van der Waals surface area contributed by atoms with E-state index in [1.54, 1.807) is 0 Å². The van der Waals surface area contributed by atoms with Gasteiger partial charge in [0.1, 0.15) is 6.54 Å². The van der Waals surface area contributed by atoms with Crippen LogP contribution in [0.5, 0.6) is 0 Å². The number of amides is 1. The Morgan fingerprint density at radius 1 is 1.11 bits per heavy atom. The highest BCUT2D eigenvalue weighted by Crippen LogP contribution is 2.40. The van der Waals surface area contributed by atoms with E-state index in [0.717, 1.165) is 24.8 Å². The SMILES string of the molecule is O=C(CCCC[C@@H]1CCSS1)NC1C[N+]2(Cc3ccccc3)CCC1CC2.[Br-]. The molecule has 0 aliphatic carbocycles. The van der Waals surface area contributed by atoms with Gasteiger partial charge in [0.15, 0.2) is 0 Å². The van der Waals surface area contributed by atoms with Crippen LogP contribution in [0.4, 0.5) is 0 Å². The summed E-state index contributed by atoms with van der Waals surface area (Å²) in [6.07, 6.45) is 8.15. The molecule has 1 amide bonds. The molecule has 2 atom stereocenters. The quantitative estimate of drug-likeness (QED) is 0.345. The summed E-state index contributed by atoms with van der Waals surface area (Å²) in [5.41, 5.74) is 1.44. The van der Waals surface area contributed by atoms with Crippen molar-refractivity contribution in [3.05, 3.63) is 35.9 Å². The van der Waals surface area contributed by atoms with Gasteiger partial charge < -0.3 is 26.8 Å². The minimum Gasteiger partial charge on any atom is -1.00 e. The number of halogens is 1. The Morgan fingerprint density at radius 2 is 1.89 bits per heavy atom. The maximum Gasteiger partial charge on any atom is 0.220 e. The lowest BCUT2D eigenvalue weighted by atomic mass is 9.81. The fourth-order valence-electron chi connectivity index (χ4n) is 5.14. The zero-order valence-electron chi connectivity index (χ0n) is 16.7. The lowest BCUT2D eigenvalue weighted by molar-refractivity contribution is -0.956. The van der Waals surface area contributed by atoms with Crippen molar-refractivity contribution >= 4 is 27.5 Å². The molecule has 1 aromatic carbocycles. The van der Waals surface area contributed by atoms with Crippen molar-refractivity contribution in [1.29, 1.82) is 0 Å². The third-order valence-electron chi connectivity index (χ3n) is 6.72. The van der Waals surface area contributed by atoms with Crippen molar-refractivity contribution in [2.45, 2.75) is 62.8 Å². The molecule has 4 aliphatic heterocycles. The fourth-order valence-corrected chi connectivity index (χ4v) is 8.17. The topological polar surface area (TPSA) is 29.1 Å². The van der Waals surface area contributed by atoms with E-state index >= 15 is 0 Å². The van der Waals surface area contributed by atoms with Crippen molar-refractivity contribution < 1.29 is 26.3 Å². The van der Waals surface area contributed by atoms with Crippen molar-refractivity contribution in [3.8, 4) is 0 Å². The molecule has 4 heterocycles. The van der Waals surface area contributed by atoms with Crippen LogP contribution in [-0.2, 0) is 11.3 Å². The van der Waals surface area contributed by atoms with E-state index in [2.05, 4.69) is 46.4 Å². The minimum absolute atomic E-state index is 0. The molecule has 1 aromatic rings. The summed E-state index contributed by atoms with van der Waals surface area (Å²) in [5, 5.41) is 4.26. The number of carbonyl (C=O) groups excluding carboxylic acids is 1. The first-order valence-electron chi connectivity index (χ1n) is 10.7. The number of fused-ring (bicyclic) bond motifs is 3. The van der Waals surface area contributed by atoms with E-state index in [0.29, 0.717) is 24.3 Å². The summed E-state index contributed by atoms with van der Waals surface area (Å²) in [6.45, 7) is 4.81. The van der Waals surface area contributed by atoms with Crippen LogP contribution in [0, 0.1) is 5.92 Å². The van der Waals surface area contributed by atoms with Gasteiger partial charge in [-0.1, -0.05) is 58.3 Å². The molecule has 4 saturated heterocycles. The average molecular weight is 486 g/mol. The number of quaternary nitrogens is 1. The van der Waals surface area contributed by atoms with Crippen LogP contribution >= 0.6 is 21.6 Å². The smallest absolute Gasteiger partial charge is 0.220 e. The molecular weight excluding hydrogens is 452 g/mol. The molecule has 4 fully saturated rings. The predicted octanol–water partition coefficient (Wildman–Crippen LogP) is 1.63. The Labute approximate surface area is 188 Å². The number of hydrogen-bond donors (Lipinski definition) is 1. The summed E-state index contributed by atoms with van der Waals surface area (Å²) < 4.78 is 1.17. The molecule has 4 aliphatic rings. The standard InChI is InChI=1S/C22H32N2OS2.BrH/c25-22(9-5-4-8-20-12-15-26-27-20)23-21-17-24(13-10-19(21)11-14-24)16-18-6-2-1-3-7-18;/h1-3,6-7,19-21H,4-5,8-17H2;1H/t19?,20-,21?,24?;/m1./s1. The zero-order valence-corrected chi connectivity index (χ0v) is 19.9. The third kappa shape index (κ3) is 5.93. The molecule has 28 heavy (non-hydrogen) atoms. The Bertz CT molecular complexity index is 616. The normalized spacial score (nSPS) is 31.4. The van der Waals surface area contributed by atoms with Gasteiger partial charge >= 0.3 is 0 Å². The van der Waals surface area contributed by atoms with E-state index < -0.39 is 0 Å². The number of unbranched alkanes of at least 4 members (excludes halogenated alkanes) is 1. The van der Waals surface area contributed by atoms with Gasteiger partial charge in [-0.15, -0.1) is 0 Å². The summed E-state index contributed by atoms with van der Waals surface area (Å²) >= 11 is 0. The number of rotatable bonds is 8. The summed E-state index contributed by atoms with van der Waals surface area (Å²) in [4.78, 5) is 12.5. The number of piperidine rings is 3. The van der Waals surface area contributed by atoms with Gasteiger partial charge in [-0.3, -0.25) is 4.79 Å². The van der Waals surface area contributed by atoms with Crippen LogP contribution in [0.15, 0.2) is 30.3 Å². The highest BCUT2D eigenvalue weighted by Gasteiger charge is 2.46. The van der Waals surface area contributed by atoms with Crippen LogP contribution in [-0.4, -0.2) is 47.1 Å². The second-order valence-corrected chi connectivity index (χ2v) is 11.5. The molecule has 0 aromatic heterocycles. The first kappa shape index (κ1) is 22.5. The van der Waals surface area contributed by atoms with E-state index in [-0.39, 0.29) is 17.0 Å². The highest BCUT2D eigenvalue weighted by molar-refractivity contribution is 8.77. The van der Waals surface area contributed by atoms with Crippen molar-refractivity contribution in [1.82, 2.24) is 5.32 Å². The maximum atomic E-state index is 12.5. The molecule has 1 N–H and O–H groups in total. The molecule has 0 radical (unpaired) electrons. The lowest BCUT2D eigenvalue weighted by Crippen LogP contribution is -3.00. The molecule has 5 rings (SSSR count). The minimum atomic E-state index is 0.